The van der Waals surface area contributed by atoms with E-state index in [1.807, 2.05) is 6.07 Å². The first-order valence-electron chi connectivity index (χ1n) is 5.82. The lowest BCUT2D eigenvalue weighted by atomic mass is 10.1. The molecule has 96 valence electrons. The Morgan fingerprint density at radius 1 is 1.39 bits per heavy atom. The number of hydrogen-bond donors (Lipinski definition) is 0. The number of ether oxygens (including phenoxy) is 2. The third-order valence-corrected chi connectivity index (χ3v) is 2.79. The highest BCUT2D eigenvalue weighted by Gasteiger charge is 2.23. The normalized spacial score (nSPS) is 21.3. The van der Waals surface area contributed by atoms with Crippen LogP contribution >= 0.6 is 0 Å². The average molecular weight is 253 g/mol. The van der Waals surface area contributed by atoms with Crippen LogP contribution in [0, 0.1) is 23.0 Å². The smallest absolute Gasteiger partial charge is 0.175 e. The minimum Gasteiger partial charge on any atom is -0.353 e. The number of benzene rings is 1. The van der Waals surface area contributed by atoms with Crippen LogP contribution in [-0.4, -0.2) is 12.9 Å². The standard InChI is InChI=1S/C13H13F2NO2/c14-9-4-5-10(11(15)7-9)12(8-16)18-13-3-1-2-6-17-13/h4-5,7,12-13H,1-3,6H2. The molecule has 1 saturated heterocycles. The average Bonchev–Trinajstić information content (AvgIpc) is 2.38. The Kier molecular flexibility index (Phi) is 4.24. The topological polar surface area (TPSA) is 42.2 Å². The number of nitrogens with zero attached hydrogens (tertiary/aromatic N) is 1. The van der Waals surface area contributed by atoms with E-state index in [4.69, 9.17) is 14.7 Å². The van der Waals surface area contributed by atoms with Crippen molar-refractivity contribution in [3.05, 3.63) is 35.4 Å². The molecule has 0 radical (unpaired) electrons. The predicted octanol–water partition coefficient (Wildman–Crippen LogP) is 3.07. The monoisotopic (exact) mass is 253 g/mol. The van der Waals surface area contributed by atoms with Crippen molar-refractivity contribution in [3.63, 3.8) is 0 Å². The number of rotatable bonds is 3. The van der Waals surface area contributed by atoms with Crippen molar-refractivity contribution in [2.24, 2.45) is 0 Å². The molecule has 0 aromatic heterocycles. The van der Waals surface area contributed by atoms with E-state index in [-0.39, 0.29) is 5.56 Å². The number of nitriles is 1. The zero-order valence-electron chi connectivity index (χ0n) is 9.73. The maximum Gasteiger partial charge on any atom is 0.175 e. The van der Waals surface area contributed by atoms with E-state index >= 15 is 0 Å². The Hall–Kier alpha value is -1.51. The zero-order chi connectivity index (χ0) is 13.0. The van der Waals surface area contributed by atoms with Crippen molar-refractivity contribution in [1.82, 2.24) is 0 Å². The van der Waals surface area contributed by atoms with Crippen molar-refractivity contribution < 1.29 is 18.3 Å². The van der Waals surface area contributed by atoms with Gasteiger partial charge >= 0.3 is 0 Å². The first-order valence-corrected chi connectivity index (χ1v) is 5.82. The molecule has 1 heterocycles. The molecule has 0 saturated carbocycles. The maximum absolute atomic E-state index is 13.5. The van der Waals surface area contributed by atoms with Crippen LogP contribution < -0.4 is 0 Å². The lowest BCUT2D eigenvalue weighted by Gasteiger charge is -2.25. The van der Waals surface area contributed by atoms with E-state index in [0.29, 0.717) is 13.0 Å². The van der Waals surface area contributed by atoms with Gasteiger partial charge in [0.1, 0.15) is 11.6 Å². The molecule has 0 aliphatic carbocycles. The Bertz CT molecular complexity index is 453. The van der Waals surface area contributed by atoms with Gasteiger partial charge in [-0.3, -0.25) is 0 Å². The molecule has 1 aromatic carbocycles. The first kappa shape index (κ1) is 12.9. The summed E-state index contributed by atoms with van der Waals surface area (Å²) in [6, 6.07) is 4.93. The molecule has 3 nitrogen and oxygen atoms in total. The van der Waals surface area contributed by atoms with Gasteiger partial charge in [0.2, 0.25) is 0 Å². The van der Waals surface area contributed by atoms with Crippen LogP contribution in [0.2, 0.25) is 0 Å². The molecule has 1 fully saturated rings. The third kappa shape index (κ3) is 3.03. The molecule has 2 atom stereocenters. The molecule has 0 amide bonds. The summed E-state index contributed by atoms with van der Waals surface area (Å²) in [6.45, 7) is 0.578. The van der Waals surface area contributed by atoms with Gasteiger partial charge in [-0.1, -0.05) is 0 Å². The summed E-state index contributed by atoms with van der Waals surface area (Å²) in [5.74, 6) is -1.46. The highest BCUT2D eigenvalue weighted by atomic mass is 19.1. The van der Waals surface area contributed by atoms with Gasteiger partial charge in [0.05, 0.1) is 6.07 Å². The molecule has 5 heteroatoms. The number of hydrogen-bond acceptors (Lipinski definition) is 3. The highest BCUT2D eigenvalue weighted by Crippen LogP contribution is 2.25. The van der Waals surface area contributed by atoms with Crippen LogP contribution in [0.25, 0.3) is 0 Å². The Balaban J connectivity index is 2.10. The Morgan fingerprint density at radius 3 is 2.83 bits per heavy atom. The van der Waals surface area contributed by atoms with Crippen molar-refractivity contribution >= 4 is 0 Å². The molecular formula is C13H13F2NO2. The molecule has 1 aliphatic rings. The zero-order valence-corrected chi connectivity index (χ0v) is 9.73. The van der Waals surface area contributed by atoms with Gasteiger partial charge in [0, 0.05) is 18.2 Å². The van der Waals surface area contributed by atoms with Crippen molar-refractivity contribution in [3.8, 4) is 6.07 Å². The summed E-state index contributed by atoms with van der Waals surface area (Å²) >= 11 is 0. The van der Waals surface area contributed by atoms with Crippen molar-refractivity contribution in [1.29, 1.82) is 5.26 Å². The van der Waals surface area contributed by atoms with Gasteiger partial charge in [-0.25, -0.2) is 8.78 Å². The second-order valence-electron chi connectivity index (χ2n) is 4.11. The van der Waals surface area contributed by atoms with Gasteiger partial charge in [0.25, 0.3) is 0 Å². The van der Waals surface area contributed by atoms with E-state index in [0.717, 1.165) is 25.0 Å². The fraction of sp³-hybridized carbons (Fsp3) is 0.462. The van der Waals surface area contributed by atoms with Crippen LogP contribution in [0.5, 0.6) is 0 Å². The van der Waals surface area contributed by atoms with Crippen LogP contribution in [0.1, 0.15) is 30.9 Å². The Labute approximate surface area is 104 Å². The molecule has 1 aromatic rings. The molecule has 2 rings (SSSR count). The maximum atomic E-state index is 13.5. The van der Waals surface area contributed by atoms with Gasteiger partial charge in [-0.15, -0.1) is 0 Å². The van der Waals surface area contributed by atoms with Gasteiger partial charge in [-0.05, 0) is 31.4 Å². The summed E-state index contributed by atoms with van der Waals surface area (Å²) < 4.78 is 37.0. The molecule has 0 spiro atoms. The number of halogens is 2. The fourth-order valence-corrected chi connectivity index (χ4v) is 1.86. The lowest BCUT2D eigenvalue weighted by molar-refractivity contribution is -0.178. The fourth-order valence-electron chi connectivity index (χ4n) is 1.86. The first-order chi connectivity index (χ1) is 8.70. The van der Waals surface area contributed by atoms with Crippen LogP contribution in [0.3, 0.4) is 0 Å². The molecule has 0 bridgehead atoms. The molecule has 2 unspecified atom stereocenters. The molecule has 1 aliphatic heterocycles. The van der Waals surface area contributed by atoms with Gasteiger partial charge < -0.3 is 9.47 Å². The Morgan fingerprint density at radius 2 is 2.22 bits per heavy atom. The van der Waals surface area contributed by atoms with E-state index in [1.165, 1.54) is 6.07 Å². The van der Waals surface area contributed by atoms with E-state index in [1.54, 1.807) is 0 Å². The summed E-state index contributed by atoms with van der Waals surface area (Å²) in [4.78, 5) is 0. The minimum atomic E-state index is -1.08. The largest absolute Gasteiger partial charge is 0.353 e. The van der Waals surface area contributed by atoms with Crippen molar-refractivity contribution in [2.45, 2.75) is 31.7 Å². The molecular weight excluding hydrogens is 240 g/mol. The van der Waals surface area contributed by atoms with Crippen LogP contribution in [-0.2, 0) is 9.47 Å². The highest BCUT2D eigenvalue weighted by molar-refractivity contribution is 5.24. The van der Waals surface area contributed by atoms with Crippen molar-refractivity contribution in [2.75, 3.05) is 6.61 Å². The lowest BCUT2D eigenvalue weighted by Crippen LogP contribution is -2.24. The van der Waals surface area contributed by atoms with Gasteiger partial charge in [0.15, 0.2) is 12.4 Å². The second kappa shape index (κ2) is 5.89. The molecule has 0 N–H and O–H groups in total. The third-order valence-electron chi connectivity index (χ3n) is 2.79. The van der Waals surface area contributed by atoms with E-state index < -0.39 is 24.0 Å². The SMILES string of the molecule is N#CC(OC1CCCCO1)c1ccc(F)cc1F. The predicted molar refractivity (Wildman–Crippen MR) is 59.4 cm³/mol. The van der Waals surface area contributed by atoms with E-state index in [2.05, 4.69) is 0 Å². The summed E-state index contributed by atoms with van der Waals surface area (Å²) in [5.41, 5.74) is 0.0353. The summed E-state index contributed by atoms with van der Waals surface area (Å²) in [6.07, 6.45) is 1.03. The van der Waals surface area contributed by atoms with E-state index in [9.17, 15) is 8.78 Å². The molecule has 18 heavy (non-hydrogen) atoms. The minimum absolute atomic E-state index is 0.0353. The van der Waals surface area contributed by atoms with Crippen LogP contribution in [0.15, 0.2) is 18.2 Å². The quantitative estimate of drug-likeness (QED) is 0.831. The second-order valence-corrected chi connectivity index (χ2v) is 4.11. The summed E-state index contributed by atoms with van der Waals surface area (Å²) in [5, 5.41) is 9.01. The van der Waals surface area contributed by atoms with Gasteiger partial charge in [-0.2, -0.15) is 5.26 Å². The van der Waals surface area contributed by atoms with Crippen LogP contribution in [0.4, 0.5) is 8.78 Å². The summed E-state index contributed by atoms with van der Waals surface area (Å²) in [7, 11) is 0.